The molecular formula is C26H33N5O2. The van der Waals surface area contributed by atoms with Crippen molar-refractivity contribution in [3.8, 4) is 5.88 Å². The van der Waals surface area contributed by atoms with Crippen LogP contribution in [0, 0.1) is 6.92 Å². The van der Waals surface area contributed by atoms with Gasteiger partial charge in [-0.1, -0.05) is 49.4 Å². The molecule has 33 heavy (non-hydrogen) atoms. The number of carbonyl (C=O) groups excluding carboxylic acids is 1. The molecule has 0 spiro atoms. The lowest BCUT2D eigenvalue weighted by Gasteiger charge is -2.27. The van der Waals surface area contributed by atoms with E-state index in [-0.39, 0.29) is 12.0 Å². The highest BCUT2D eigenvalue weighted by Crippen LogP contribution is 2.27. The molecule has 1 aliphatic rings. The van der Waals surface area contributed by atoms with Gasteiger partial charge < -0.3 is 20.7 Å². The van der Waals surface area contributed by atoms with Crippen molar-refractivity contribution in [1.82, 2.24) is 20.6 Å². The first-order chi connectivity index (χ1) is 16.1. The first-order valence-electron chi connectivity index (χ1n) is 11.4. The Balaban J connectivity index is 0.000000442. The normalized spacial score (nSPS) is 15.1. The third-order valence-corrected chi connectivity index (χ3v) is 5.24. The van der Waals surface area contributed by atoms with E-state index in [2.05, 4.69) is 38.9 Å². The highest BCUT2D eigenvalue weighted by molar-refractivity contribution is 5.95. The fourth-order valence-electron chi connectivity index (χ4n) is 3.33. The molecule has 3 heterocycles. The molecule has 0 radical (unpaired) electrons. The van der Waals surface area contributed by atoms with Crippen LogP contribution in [0.2, 0.25) is 0 Å². The number of pyridine rings is 2. The van der Waals surface area contributed by atoms with Crippen LogP contribution in [-0.2, 0) is 0 Å². The van der Waals surface area contributed by atoms with E-state index in [0.29, 0.717) is 30.5 Å². The fourth-order valence-corrected chi connectivity index (χ4v) is 3.33. The summed E-state index contributed by atoms with van der Waals surface area (Å²) in [6.45, 7) is 8.88. The Morgan fingerprint density at radius 1 is 1.15 bits per heavy atom. The molecule has 2 atom stereocenters. The van der Waals surface area contributed by atoms with E-state index in [9.17, 15) is 4.79 Å². The molecule has 1 aromatic carbocycles. The molecular weight excluding hydrogens is 414 g/mol. The summed E-state index contributed by atoms with van der Waals surface area (Å²) < 4.78 is 5.95. The number of hydrogen-bond donors (Lipinski definition) is 3. The maximum Gasteiger partial charge on any atom is 0.252 e. The first-order valence-corrected chi connectivity index (χ1v) is 11.4. The van der Waals surface area contributed by atoms with Crippen LogP contribution < -0.4 is 20.7 Å². The number of amides is 1. The molecule has 0 saturated carbocycles. The van der Waals surface area contributed by atoms with E-state index in [0.717, 1.165) is 24.5 Å². The zero-order valence-corrected chi connectivity index (χ0v) is 19.5. The van der Waals surface area contributed by atoms with Crippen LogP contribution in [0.5, 0.6) is 5.88 Å². The largest absolute Gasteiger partial charge is 0.470 e. The van der Waals surface area contributed by atoms with Crippen LogP contribution in [0.3, 0.4) is 0 Å². The smallest absolute Gasteiger partial charge is 0.252 e. The summed E-state index contributed by atoms with van der Waals surface area (Å²) in [4.78, 5) is 20.5. The van der Waals surface area contributed by atoms with E-state index < -0.39 is 0 Å². The minimum absolute atomic E-state index is 0.0105. The fraction of sp³-hybridized carbons (Fsp3) is 0.346. The van der Waals surface area contributed by atoms with Crippen molar-refractivity contribution in [2.24, 2.45) is 0 Å². The van der Waals surface area contributed by atoms with Crippen LogP contribution in [-0.4, -0.2) is 48.2 Å². The Morgan fingerprint density at radius 3 is 2.52 bits per heavy atom. The van der Waals surface area contributed by atoms with Gasteiger partial charge in [0, 0.05) is 37.7 Å². The molecule has 174 valence electrons. The van der Waals surface area contributed by atoms with Crippen LogP contribution in [0.25, 0.3) is 0 Å². The standard InChI is InChI=1S/C20H27N5O2.C6H6/c1-4-22-19(26)16-7-18-20(25-10-16)27-17(12-24-18)11-21-8-13(2)15-6-5-14(3)23-9-15;1-2-4-6-5-3-1/h5-7,9-10,13,17,21,24H,4,8,11-12H2,1-3H3,(H,22,26);1-6H. The van der Waals surface area contributed by atoms with Gasteiger partial charge in [0.2, 0.25) is 5.88 Å². The number of aromatic nitrogens is 2. The molecule has 0 aliphatic carbocycles. The van der Waals surface area contributed by atoms with Gasteiger partial charge in [0.15, 0.2) is 0 Å². The van der Waals surface area contributed by atoms with Crippen molar-refractivity contribution >= 4 is 11.6 Å². The number of benzene rings is 1. The minimum atomic E-state index is -0.127. The molecule has 7 nitrogen and oxygen atoms in total. The van der Waals surface area contributed by atoms with Gasteiger partial charge in [-0.2, -0.15) is 0 Å². The van der Waals surface area contributed by atoms with Crippen LogP contribution in [0.15, 0.2) is 67.0 Å². The van der Waals surface area contributed by atoms with E-state index in [4.69, 9.17) is 4.74 Å². The molecule has 3 N–H and O–H groups in total. The summed E-state index contributed by atoms with van der Waals surface area (Å²) in [5, 5.41) is 9.54. The predicted octanol–water partition coefficient (Wildman–Crippen LogP) is 3.79. The zero-order valence-electron chi connectivity index (χ0n) is 19.5. The number of ether oxygens (including phenoxy) is 1. The summed E-state index contributed by atoms with van der Waals surface area (Å²) in [6, 6.07) is 17.9. The van der Waals surface area contributed by atoms with Crippen molar-refractivity contribution in [2.75, 3.05) is 31.5 Å². The van der Waals surface area contributed by atoms with E-state index in [1.54, 1.807) is 12.3 Å². The average molecular weight is 448 g/mol. The number of hydrogen-bond acceptors (Lipinski definition) is 6. The summed E-state index contributed by atoms with van der Waals surface area (Å²) >= 11 is 0. The number of carbonyl (C=O) groups is 1. The molecule has 2 unspecified atom stereocenters. The molecule has 1 aliphatic heterocycles. The maximum absolute atomic E-state index is 11.9. The monoisotopic (exact) mass is 447 g/mol. The van der Waals surface area contributed by atoms with Gasteiger partial charge in [-0.05, 0) is 37.5 Å². The predicted molar refractivity (Wildman–Crippen MR) is 132 cm³/mol. The molecule has 1 amide bonds. The quantitative estimate of drug-likeness (QED) is 0.511. The van der Waals surface area contributed by atoms with Crippen molar-refractivity contribution in [3.05, 3.63) is 83.8 Å². The Hall–Kier alpha value is -3.45. The topological polar surface area (TPSA) is 88.2 Å². The third kappa shape index (κ3) is 7.57. The van der Waals surface area contributed by atoms with Gasteiger partial charge in [-0.25, -0.2) is 4.98 Å². The van der Waals surface area contributed by atoms with Crippen molar-refractivity contribution in [2.45, 2.75) is 32.8 Å². The number of nitrogens with one attached hydrogen (secondary N) is 3. The highest BCUT2D eigenvalue weighted by atomic mass is 16.5. The second-order valence-electron chi connectivity index (χ2n) is 8.00. The van der Waals surface area contributed by atoms with Gasteiger partial charge in [0.05, 0.1) is 17.8 Å². The number of fused-ring (bicyclic) bond motifs is 1. The molecule has 0 saturated heterocycles. The summed E-state index contributed by atoms with van der Waals surface area (Å²) in [7, 11) is 0. The van der Waals surface area contributed by atoms with Gasteiger partial charge in [0.1, 0.15) is 6.10 Å². The minimum Gasteiger partial charge on any atom is -0.470 e. The molecule has 2 aromatic heterocycles. The lowest BCUT2D eigenvalue weighted by atomic mass is 10.0. The van der Waals surface area contributed by atoms with Gasteiger partial charge in [-0.3, -0.25) is 9.78 Å². The van der Waals surface area contributed by atoms with Crippen molar-refractivity contribution in [3.63, 3.8) is 0 Å². The summed E-state index contributed by atoms with van der Waals surface area (Å²) in [5.41, 5.74) is 3.54. The lowest BCUT2D eigenvalue weighted by Crippen LogP contribution is -2.40. The SMILES string of the molecule is CCNC(=O)c1cnc2c(c1)NCC(CNCC(C)c1ccc(C)nc1)O2.c1ccccc1. The number of rotatable bonds is 7. The first kappa shape index (κ1) is 24.2. The summed E-state index contributed by atoms with van der Waals surface area (Å²) in [6.07, 6.45) is 3.48. The van der Waals surface area contributed by atoms with E-state index >= 15 is 0 Å². The van der Waals surface area contributed by atoms with E-state index in [1.807, 2.05) is 62.5 Å². The van der Waals surface area contributed by atoms with Crippen molar-refractivity contribution in [1.29, 1.82) is 0 Å². The molecule has 4 rings (SSSR count). The molecule has 0 fully saturated rings. The number of aryl methyl sites for hydroxylation is 1. The number of anilines is 1. The molecule has 3 aromatic rings. The second kappa shape index (κ2) is 12.6. The van der Waals surface area contributed by atoms with Crippen molar-refractivity contribution < 1.29 is 9.53 Å². The third-order valence-electron chi connectivity index (χ3n) is 5.24. The second-order valence-corrected chi connectivity index (χ2v) is 8.00. The highest BCUT2D eigenvalue weighted by Gasteiger charge is 2.21. The lowest BCUT2D eigenvalue weighted by molar-refractivity contribution is 0.0955. The Morgan fingerprint density at radius 2 is 1.88 bits per heavy atom. The Bertz CT molecular complexity index is 969. The van der Waals surface area contributed by atoms with E-state index in [1.165, 1.54) is 5.56 Å². The maximum atomic E-state index is 11.9. The van der Waals surface area contributed by atoms with Gasteiger partial charge in [-0.15, -0.1) is 0 Å². The summed E-state index contributed by atoms with van der Waals surface area (Å²) in [5.74, 6) is 0.787. The van der Waals surface area contributed by atoms with Gasteiger partial charge in [0.25, 0.3) is 5.91 Å². The Kier molecular flexibility index (Phi) is 9.20. The number of nitrogens with zero attached hydrogens (tertiary/aromatic N) is 2. The van der Waals surface area contributed by atoms with Crippen LogP contribution >= 0.6 is 0 Å². The Labute approximate surface area is 196 Å². The van der Waals surface area contributed by atoms with Crippen LogP contribution in [0.1, 0.15) is 41.4 Å². The average Bonchev–Trinajstić information content (AvgIpc) is 2.85. The van der Waals surface area contributed by atoms with Gasteiger partial charge >= 0.3 is 0 Å². The molecule has 0 bridgehead atoms. The van der Waals surface area contributed by atoms with Crippen LogP contribution in [0.4, 0.5) is 5.69 Å². The molecule has 7 heteroatoms. The zero-order chi connectivity index (χ0) is 23.5.